The minimum atomic E-state index is -0.0834. The minimum absolute atomic E-state index is 0.0834. The first-order valence-corrected chi connectivity index (χ1v) is 29.2. The van der Waals surface area contributed by atoms with Crippen molar-refractivity contribution in [3.8, 4) is 50.7 Å². The van der Waals surface area contributed by atoms with Gasteiger partial charge in [-0.25, -0.2) is 4.98 Å². The Bertz CT molecular complexity index is 4390. The predicted octanol–water partition coefficient (Wildman–Crippen LogP) is 21.5. The van der Waals surface area contributed by atoms with E-state index < -0.39 is 0 Å². The van der Waals surface area contributed by atoms with Gasteiger partial charge in [0.05, 0.1) is 33.5 Å². The molecule has 0 atom stereocenters. The standard InChI is InChI=1S/C76H72N4O2/c1-44(2)57-21-18-22-58(45(3)4)72(57)52-38-54(78-43-79(65-26-16-15-25-64(65)78)74-62(70-48(7)34-46(5)35-49(70)8)23-19-24-63(74)71-50(9)36-47(6)37-51(71)10)41-56(39-52)81-55-28-29-61-67(42-55)80(69-40-53(32-33-77-69)76(11,12)13)66-31-30-60-59-20-14-17-27-68(59)82-75(60)73(61)66/h14-42,44-45H,43H2,1-13H3. The number of para-hydroxylation sites is 4. The van der Waals surface area contributed by atoms with Crippen LogP contribution in [0.2, 0.25) is 0 Å². The van der Waals surface area contributed by atoms with Crippen molar-refractivity contribution in [1.82, 2.24) is 9.55 Å². The van der Waals surface area contributed by atoms with Gasteiger partial charge in [-0.15, -0.1) is 0 Å². The first-order chi connectivity index (χ1) is 39.4. The Hall–Kier alpha value is -8.87. The van der Waals surface area contributed by atoms with Crippen LogP contribution in [-0.2, 0) is 5.41 Å². The number of pyridine rings is 1. The highest BCUT2D eigenvalue weighted by atomic mass is 16.5. The summed E-state index contributed by atoms with van der Waals surface area (Å²) in [5.41, 5.74) is 27.1. The number of fused-ring (bicyclic) bond motifs is 8. The average Bonchev–Trinajstić information content (AvgIpc) is 2.36. The van der Waals surface area contributed by atoms with Crippen LogP contribution in [0, 0.1) is 41.5 Å². The monoisotopic (exact) mass is 1070 g/mol. The van der Waals surface area contributed by atoms with Gasteiger partial charge in [-0.1, -0.05) is 151 Å². The van der Waals surface area contributed by atoms with Crippen molar-refractivity contribution in [1.29, 1.82) is 0 Å². The first kappa shape index (κ1) is 52.5. The molecular weight excluding hydrogens is 1000 g/mol. The summed E-state index contributed by atoms with van der Waals surface area (Å²) in [7, 11) is 0. The van der Waals surface area contributed by atoms with E-state index in [-0.39, 0.29) is 17.3 Å². The van der Waals surface area contributed by atoms with E-state index in [1.807, 2.05) is 12.3 Å². The maximum Gasteiger partial charge on any atom is 0.145 e. The van der Waals surface area contributed by atoms with Gasteiger partial charge in [-0.2, -0.15) is 0 Å². The highest BCUT2D eigenvalue weighted by molar-refractivity contribution is 6.24. The lowest BCUT2D eigenvalue weighted by Crippen LogP contribution is -2.25. The van der Waals surface area contributed by atoms with Gasteiger partial charge in [0.25, 0.3) is 0 Å². The molecule has 0 aliphatic carbocycles. The Morgan fingerprint density at radius 3 is 1.74 bits per heavy atom. The third-order valence-electron chi connectivity index (χ3n) is 17.1. The van der Waals surface area contributed by atoms with Gasteiger partial charge in [0.1, 0.15) is 35.2 Å². The van der Waals surface area contributed by atoms with E-state index in [1.165, 1.54) is 83.6 Å². The first-order valence-electron chi connectivity index (χ1n) is 29.2. The van der Waals surface area contributed by atoms with Crippen LogP contribution >= 0.6 is 0 Å². The van der Waals surface area contributed by atoms with Crippen molar-refractivity contribution in [2.75, 3.05) is 16.5 Å². The summed E-state index contributed by atoms with van der Waals surface area (Å²) in [6, 6.07) is 62.6. The Labute approximate surface area is 483 Å². The number of aryl methyl sites for hydroxylation is 6. The molecule has 4 heterocycles. The molecule has 6 nitrogen and oxygen atoms in total. The molecule has 0 amide bonds. The minimum Gasteiger partial charge on any atom is -0.457 e. The summed E-state index contributed by atoms with van der Waals surface area (Å²) in [4.78, 5) is 10.1. The molecule has 13 rings (SSSR count). The second-order valence-electron chi connectivity index (χ2n) is 24.8. The van der Waals surface area contributed by atoms with Gasteiger partial charge in [0.15, 0.2) is 0 Å². The molecule has 0 radical (unpaired) electrons. The van der Waals surface area contributed by atoms with E-state index in [4.69, 9.17) is 14.1 Å². The summed E-state index contributed by atoms with van der Waals surface area (Å²) < 4.78 is 16.4. The van der Waals surface area contributed by atoms with Crippen LogP contribution in [0.5, 0.6) is 11.5 Å². The zero-order valence-electron chi connectivity index (χ0n) is 49.7. The molecule has 0 fully saturated rings. The third kappa shape index (κ3) is 8.82. The van der Waals surface area contributed by atoms with E-state index in [0.717, 1.165) is 83.7 Å². The van der Waals surface area contributed by atoms with Crippen molar-refractivity contribution < 1.29 is 9.15 Å². The smallest absolute Gasteiger partial charge is 0.145 e. The molecule has 12 aromatic rings. The molecule has 1 aliphatic rings. The van der Waals surface area contributed by atoms with Crippen LogP contribution in [-0.4, -0.2) is 16.2 Å². The van der Waals surface area contributed by atoms with Crippen molar-refractivity contribution in [3.05, 3.63) is 226 Å². The molecule has 0 unspecified atom stereocenters. The van der Waals surface area contributed by atoms with Gasteiger partial charge in [0, 0.05) is 51.3 Å². The highest BCUT2D eigenvalue weighted by Crippen LogP contribution is 2.53. The number of ether oxygens (including phenoxy) is 1. The zero-order chi connectivity index (χ0) is 57.0. The number of benzene rings is 9. The van der Waals surface area contributed by atoms with Gasteiger partial charge >= 0.3 is 0 Å². The number of hydrogen-bond donors (Lipinski definition) is 0. The molecule has 82 heavy (non-hydrogen) atoms. The Morgan fingerprint density at radius 1 is 0.512 bits per heavy atom. The predicted molar refractivity (Wildman–Crippen MR) is 346 cm³/mol. The molecule has 0 spiro atoms. The summed E-state index contributed by atoms with van der Waals surface area (Å²) >= 11 is 0. The van der Waals surface area contributed by atoms with Gasteiger partial charge in [-0.05, 0) is 187 Å². The van der Waals surface area contributed by atoms with Gasteiger partial charge < -0.3 is 19.0 Å². The van der Waals surface area contributed by atoms with Crippen LogP contribution in [0.1, 0.15) is 110 Å². The summed E-state index contributed by atoms with van der Waals surface area (Å²) in [5.74, 6) is 2.90. The second kappa shape index (κ2) is 20.0. The Morgan fingerprint density at radius 2 is 1.11 bits per heavy atom. The largest absolute Gasteiger partial charge is 0.457 e. The van der Waals surface area contributed by atoms with E-state index in [1.54, 1.807) is 0 Å². The maximum absolute atomic E-state index is 7.38. The third-order valence-corrected chi connectivity index (χ3v) is 17.1. The molecule has 408 valence electrons. The molecule has 0 saturated carbocycles. The Kier molecular flexibility index (Phi) is 12.8. The number of hydrogen-bond acceptors (Lipinski definition) is 5. The van der Waals surface area contributed by atoms with E-state index in [2.05, 4.69) is 268 Å². The SMILES string of the molecule is Cc1cc(C)c(-c2cccc(-c3c(C)cc(C)cc3C)c2N2CN(c3cc(Oc4ccc5c6c7oc8ccccc8c7ccc6n(-c6cc(C(C)(C)C)ccn6)c5c4)cc(-c4c(C(C)C)cccc4C(C)C)c3)c3ccccc32)c(C)c1. The molecule has 6 heteroatoms. The number of nitrogens with zero attached hydrogens (tertiary/aromatic N) is 4. The average molecular weight is 1070 g/mol. The topological polar surface area (TPSA) is 46.7 Å². The van der Waals surface area contributed by atoms with E-state index in [0.29, 0.717) is 6.67 Å². The number of aromatic nitrogens is 2. The molecule has 0 bridgehead atoms. The second-order valence-corrected chi connectivity index (χ2v) is 24.8. The quantitative estimate of drug-likeness (QED) is 0.137. The normalized spacial score (nSPS) is 12.8. The lowest BCUT2D eigenvalue weighted by atomic mass is 9.85. The zero-order valence-corrected chi connectivity index (χ0v) is 49.7. The molecular formula is C76H72N4O2. The maximum atomic E-state index is 7.38. The molecule has 3 aromatic heterocycles. The summed E-state index contributed by atoms with van der Waals surface area (Å²) in [6.45, 7) is 30.0. The van der Waals surface area contributed by atoms with Crippen LogP contribution in [0.15, 0.2) is 180 Å². The lowest BCUT2D eigenvalue weighted by molar-refractivity contribution is 0.483. The fourth-order valence-electron chi connectivity index (χ4n) is 13.6. The lowest BCUT2D eigenvalue weighted by Gasteiger charge is -2.29. The fraction of sp³-hybridized carbons (Fsp3) is 0.224. The van der Waals surface area contributed by atoms with Gasteiger partial charge in [0.2, 0.25) is 0 Å². The van der Waals surface area contributed by atoms with Crippen LogP contribution < -0.4 is 14.5 Å². The summed E-state index contributed by atoms with van der Waals surface area (Å²) in [5, 5.41) is 4.31. The van der Waals surface area contributed by atoms with Crippen LogP contribution in [0.4, 0.5) is 22.7 Å². The van der Waals surface area contributed by atoms with Gasteiger partial charge in [-0.3, -0.25) is 4.57 Å². The van der Waals surface area contributed by atoms with E-state index in [9.17, 15) is 0 Å². The fourth-order valence-corrected chi connectivity index (χ4v) is 13.6. The van der Waals surface area contributed by atoms with Crippen molar-refractivity contribution in [2.24, 2.45) is 0 Å². The molecule has 1 aliphatic heterocycles. The van der Waals surface area contributed by atoms with Crippen LogP contribution in [0.3, 0.4) is 0 Å². The number of furan rings is 1. The van der Waals surface area contributed by atoms with Crippen molar-refractivity contribution in [2.45, 2.75) is 107 Å². The van der Waals surface area contributed by atoms with Crippen molar-refractivity contribution in [3.63, 3.8) is 0 Å². The number of rotatable bonds is 10. The van der Waals surface area contributed by atoms with Crippen molar-refractivity contribution >= 4 is 66.5 Å². The van der Waals surface area contributed by atoms with E-state index >= 15 is 0 Å². The molecule has 0 saturated heterocycles. The highest BCUT2D eigenvalue weighted by Gasteiger charge is 2.34. The number of anilines is 4. The van der Waals surface area contributed by atoms with Crippen LogP contribution in [0.25, 0.3) is 82.9 Å². The molecule has 0 N–H and O–H groups in total. The molecule has 9 aromatic carbocycles. The summed E-state index contributed by atoms with van der Waals surface area (Å²) in [6.07, 6.45) is 1.94. The Balaban J connectivity index is 1.02.